The van der Waals surface area contributed by atoms with Gasteiger partial charge in [-0.1, -0.05) is 31.2 Å². The first kappa shape index (κ1) is 21.5. The molecule has 0 aliphatic heterocycles. The van der Waals surface area contributed by atoms with Gasteiger partial charge in [0.2, 0.25) is 0 Å². The molecule has 7 heteroatoms. The molecule has 2 rings (SSSR count). The fourth-order valence-corrected chi connectivity index (χ4v) is 4.71. The molecule has 1 unspecified atom stereocenters. The number of hydrogen-bond donors (Lipinski definition) is 0. The normalized spacial score (nSPS) is 12.8. The Morgan fingerprint density at radius 2 is 1.33 bits per heavy atom. The summed E-state index contributed by atoms with van der Waals surface area (Å²) in [7, 11) is 2.69. The Morgan fingerprint density at radius 1 is 0.852 bits per heavy atom. The molecule has 0 aliphatic rings. The molecule has 0 fully saturated rings. The van der Waals surface area contributed by atoms with Crippen molar-refractivity contribution in [2.45, 2.75) is 19.3 Å². The van der Waals surface area contributed by atoms with Crippen LogP contribution >= 0.6 is 7.60 Å². The second-order valence-electron chi connectivity index (χ2n) is 5.96. The van der Waals surface area contributed by atoms with Gasteiger partial charge in [0.1, 0.15) is 17.3 Å². The Bertz CT molecular complexity index is 740. The molecule has 0 aromatic heterocycles. The molecular weight excluding hydrogens is 365 g/mol. The van der Waals surface area contributed by atoms with Crippen LogP contribution in [0.2, 0.25) is 0 Å². The Hall–Kier alpha value is -1.85. The zero-order valence-electron chi connectivity index (χ0n) is 16.5. The van der Waals surface area contributed by atoms with E-state index in [4.69, 9.17) is 18.5 Å². The van der Waals surface area contributed by atoms with Crippen molar-refractivity contribution in [3.63, 3.8) is 0 Å². The molecule has 27 heavy (non-hydrogen) atoms. The number of hydrogen-bond acceptors (Lipinski definition) is 6. The van der Waals surface area contributed by atoms with E-state index in [0.717, 1.165) is 22.6 Å². The lowest BCUT2D eigenvalue weighted by molar-refractivity contribution is 0.188. The van der Waals surface area contributed by atoms with Crippen LogP contribution in [0.1, 0.15) is 23.8 Å². The molecule has 0 amide bonds. The summed E-state index contributed by atoms with van der Waals surface area (Å²) in [4.78, 5) is 2.08. The van der Waals surface area contributed by atoms with E-state index in [1.807, 2.05) is 55.5 Å². The molecule has 0 radical (unpaired) electrons. The predicted octanol–water partition coefficient (Wildman–Crippen LogP) is 4.71. The zero-order chi connectivity index (χ0) is 19.9. The average Bonchev–Trinajstić information content (AvgIpc) is 2.73. The topological polar surface area (TPSA) is 57.2 Å². The van der Waals surface area contributed by atoms with Gasteiger partial charge in [-0.3, -0.25) is 9.46 Å². The van der Waals surface area contributed by atoms with E-state index in [9.17, 15) is 4.57 Å². The number of ether oxygens (including phenoxy) is 2. The number of rotatable bonds is 10. The molecule has 0 spiro atoms. The van der Waals surface area contributed by atoms with Crippen molar-refractivity contribution in [2.75, 3.05) is 35.0 Å². The van der Waals surface area contributed by atoms with Crippen molar-refractivity contribution in [3.8, 4) is 11.5 Å². The van der Waals surface area contributed by atoms with E-state index >= 15 is 0 Å². The number of methoxy groups -OCH3 is 2. The van der Waals surface area contributed by atoms with Gasteiger partial charge in [0.05, 0.1) is 14.2 Å². The van der Waals surface area contributed by atoms with E-state index in [-0.39, 0.29) is 0 Å². The fourth-order valence-electron chi connectivity index (χ4n) is 2.98. The van der Waals surface area contributed by atoms with Crippen LogP contribution in [0.5, 0.6) is 11.5 Å². The summed E-state index contributed by atoms with van der Waals surface area (Å²) >= 11 is 0. The van der Waals surface area contributed by atoms with Crippen molar-refractivity contribution in [2.24, 2.45) is 0 Å². The Kier molecular flexibility index (Phi) is 7.87. The van der Waals surface area contributed by atoms with E-state index in [2.05, 4.69) is 4.90 Å². The summed E-state index contributed by atoms with van der Waals surface area (Å²) in [6.45, 7) is 3.28. The van der Waals surface area contributed by atoms with E-state index in [0.29, 0.717) is 13.1 Å². The van der Waals surface area contributed by atoms with Gasteiger partial charge in [0.15, 0.2) is 0 Å². The lowest BCUT2D eigenvalue weighted by Gasteiger charge is -2.34. The Labute approximate surface area is 161 Å². The van der Waals surface area contributed by atoms with Crippen LogP contribution in [0.25, 0.3) is 0 Å². The first-order valence-corrected chi connectivity index (χ1v) is 10.3. The van der Waals surface area contributed by atoms with Crippen LogP contribution in [-0.4, -0.2) is 39.9 Å². The van der Waals surface area contributed by atoms with Crippen molar-refractivity contribution in [3.05, 3.63) is 59.7 Å². The lowest BCUT2D eigenvalue weighted by atomic mass is 10.1. The molecule has 0 heterocycles. The van der Waals surface area contributed by atoms with E-state index in [1.54, 1.807) is 14.2 Å². The molecule has 0 saturated heterocycles. The molecule has 1 atom stereocenters. The maximum atomic E-state index is 13.4. The minimum Gasteiger partial charge on any atom is -0.497 e. The summed E-state index contributed by atoms with van der Waals surface area (Å²) in [6, 6.07) is 15.3. The monoisotopic (exact) mass is 393 g/mol. The highest BCUT2D eigenvalue weighted by atomic mass is 31.2. The Balaban J connectivity index is 2.40. The average molecular weight is 393 g/mol. The smallest absolute Gasteiger partial charge is 0.351 e. The van der Waals surface area contributed by atoms with Gasteiger partial charge in [-0.25, -0.2) is 0 Å². The molecule has 6 nitrogen and oxygen atoms in total. The van der Waals surface area contributed by atoms with Crippen molar-refractivity contribution in [1.29, 1.82) is 0 Å². The predicted molar refractivity (Wildman–Crippen MR) is 106 cm³/mol. The molecule has 2 aromatic rings. The van der Waals surface area contributed by atoms with Gasteiger partial charge in [-0.15, -0.1) is 0 Å². The maximum absolute atomic E-state index is 13.4. The number of benzene rings is 2. The van der Waals surface area contributed by atoms with Crippen LogP contribution in [0.3, 0.4) is 0 Å². The van der Waals surface area contributed by atoms with Gasteiger partial charge in [0, 0.05) is 20.8 Å². The summed E-state index contributed by atoms with van der Waals surface area (Å²) in [5.74, 6) is 0.999. The third kappa shape index (κ3) is 5.11. The van der Waals surface area contributed by atoms with Gasteiger partial charge in [-0.05, 0) is 41.9 Å². The summed E-state index contributed by atoms with van der Waals surface area (Å²) in [6.07, 6.45) is 0. The molecule has 0 N–H and O–H groups in total. The second kappa shape index (κ2) is 9.90. The highest BCUT2D eigenvalue weighted by Crippen LogP contribution is 2.61. The molecule has 2 aromatic carbocycles. The summed E-state index contributed by atoms with van der Waals surface area (Å²) in [5, 5.41) is 0. The Morgan fingerprint density at radius 3 is 1.74 bits per heavy atom. The quantitative estimate of drug-likeness (QED) is 0.545. The minimum atomic E-state index is -3.40. The third-order valence-corrected chi connectivity index (χ3v) is 6.76. The van der Waals surface area contributed by atoms with Crippen molar-refractivity contribution in [1.82, 2.24) is 4.90 Å². The first-order valence-electron chi connectivity index (χ1n) is 8.73. The van der Waals surface area contributed by atoms with Crippen molar-refractivity contribution < 1.29 is 23.1 Å². The van der Waals surface area contributed by atoms with Gasteiger partial charge < -0.3 is 18.5 Å². The number of nitrogens with zero attached hydrogens (tertiary/aromatic N) is 1. The van der Waals surface area contributed by atoms with Crippen LogP contribution in [0.4, 0.5) is 0 Å². The highest BCUT2D eigenvalue weighted by Gasteiger charge is 2.39. The zero-order valence-corrected chi connectivity index (χ0v) is 17.4. The molecule has 0 saturated carbocycles. The molecular formula is C20H28NO5P. The third-order valence-electron chi connectivity index (χ3n) is 4.52. The van der Waals surface area contributed by atoms with E-state index in [1.165, 1.54) is 14.2 Å². The first-order chi connectivity index (χ1) is 13.0. The van der Waals surface area contributed by atoms with E-state index < -0.39 is 13.4 Å². The van der Waals surface area contributed by atoms with Crippen LogP contribution < -0.4 is 9.47 Å². The summed E-state index contributed by atoms with van der Waals surface area (Å²) in [5.41, 5.74) is 1.92. The maximum Gasteiger partial charge on any atom is 0.351 e. The van der Waals surface area contributed by atoms with Crippen LogP contribution in [0.15, 0.2) is 48.5 Å². The SMILES string of the molecule is CCN(Cc1ccc(OC)cc1)C(c1ccc(OC)cc1)P(=O)(OC)OC. The van der Waals surface area contributed by atoms with Crippen LogP contribution in [0, 0.1) is 0 Å². The van der Waals surface area contributed by atoms with Gasteiger partial charge in [-0.2, -0.15) is 0 Å². The standard InChI is InChI=1S/C20H28NO5P/c1-6-21(15-16-7-11-18(23-2)12-8-16)20(27(22,25-4)26-5)17-9-13-19(24-3)14-10-17/h7-14,20H,6,15H2,1-5H3. The lowest BCUT2D eigenvalue weighted by Crippen LogP contribution is -2.29. The van der Waals surface area contributed by atoms with Gasteiger partial charge in [0.25, 0.3) is 0 Å². The largest absolute Gasteiger partial charge is 0.497 e. The van der Waals surface area contributed by atoms with Crippen molar-refractivity contribution >= 4 is 7.60 Å². The fraction of sp³-hybridized carbons (Fsp3) is 0.400. The summed E-state index contributed by atoms with van der Waals surface area (Å²) < 4.78 is 34.5. The molecule has 0 aliphatic carbocycles. The second-order valence-corrected chi connectivity index (χ2v) is 8.26. The minimum absolute atomic E-state index is 0.537. The highest BCUT2D eigenvalue weighted by molar-refractivity contribution is 7.54. The van der Waals surface area contributed by atoms with Crippen LogP contribution in [-0.2, 0) is 20.2 Å². The molecule has 148 valence electrons. The molecule has 0 bridgehead atoms. The van der Waals surface area contributed by atoms with Gasteiger partial charge >= 0.3 is 7.60 Å².